The molecule has 0 unspecified atom stereocenters. The van der Waals surface area contributed by atoms with Crippen LogP contribution < -0.4 is 15.7 Å². The fraction of sp³-hybridized carbons (Fsp3) is 0.267. The first kappa shape index (κ1) is 14.4. The molecule has 0 saturated carbocycles. The quantitative estimate of drug-likeness (QED) is 0.570. The molecule has 0 aliphatic carbocycles. The SMILES string of the molecule is O=C(NO)c1cnc(N2CCNCC2)nc1-c1ccccc1. The zero-order chi connectivity index (χ0) is 15.4. The van der Waals surface area contributed by atoms with Crippen molar-refractivity contribution in [3.05, 3.63) is 42.1 Å². The van der Waals surface area contributed by atoms with E-state index in [-0.39, 0.29) is 5.56 Å². The third-order valence-corrected chi connectivity index (χ3v) is 3.57. The molecule has 0 atom stereocenters. The molecule has 2 aromatic rings. The number of aromatic nitrogens is 2. The molecule has 0 spiro atoms. The smallest absolute Gasteiger partial charge is 0.278 e. The molecule has 3 N–H and O–H groups in total. The summed E-state index contributed by atoms with van der Waals surface area (Å²) in [6.07, 6.45) is 1.46. The zero-order valence-corrected chi connectivity index (χ0v) is 12.0. The zero-order valence-electron chi connectivity index (χ0n) is 12.0. The molecule has 1 saturated heterocycles. The van der Waals surface area contributed by atoms with Crippen LogP contribution >= 0.6 is 0 Å². The Labute approximate surface area is 128 Å². The van der Waals surface area contributed by atoms with Gasteiger partial charge in [-0.2, -0.15) is 0 Å². The Bertz CT molecular complexity index is 656. The third kappa shape index (κ3) is 2.90. The number of hydrogen-bond acceptors (Lipinski definition) is 6. The Balaban J connectivity index is 2.04. The molecule has 1 aromatic carbocycles. The van der Waals surface area contributed by atoms with Gasteiger partial charge in [0.2, 0.25) is 5.95 Å². The lowest BCUT2D eigenvalue weighted by atomic mass is 10.1. The van der Waals surface area contributed by atoms with E-state index in [1.54, 1.807) is 5.48 Å². The second kappa shape index (κ2) is 6.50. The summed E-state index contributed by atoms with van der Waals surface area (Å²) in [7, 11) is 0. The van der Waals surface area contributed by atoms with Crippen molar-refractivity contribution in [2.24, 2.45) is 0 Å². The molecule has 114 valence electrons. The largest absolute Gasteiger partial charge is 0.338 e. The van der Waals surface area contributed by atoms with Crippen molar-refractivity contribution in [3.63, 3.8) is 0 Å². The summed E-state index contributed by atoms with van der Waals surface area (Å²) in [6, 6.07) is 9.40. The second-order valence-electron chi connectivity index (χ2n) is 4.98. The summed E-state index contributed by atoms with van der Waals surface area (Å²) in [5.41, 5.74) is 3.21. The van der Waals surface area contributed by atoms with Crippen LogP contribution in [0, 0.1) is 0 Å². The molecule has 3 rings (SSSR count). The molecular weight excluding hydrogens is 282 g/mol. The van der Waals surface area contributed by atoms with Crippen molar-refractivity contribution in [1.82, 2.24) is 20.8 Å². The summed E-state index contributed by atoms with van der Waals surface area (Å²) >= 11 is 0. The van der Waals surface area contributed by atoms with Gasteiger partial charge in [-0.15, -0.1) is 0 Å². The number of carbonyl (C=O) groups is 1. The molecule has 1 aliphatic heterocycles. The number of amides is 1. The van der Waals surface area contributed by atoms with Crippen molar-refractivity contribution < 1.29 is 10.0 Å². The Morgan fingerprint density at radius 1 is 1.23 bits per heavy atom. The number of rotatable bonds is 3. The van der Waals surface area contributed by atoms with E-state index < -0.39 is 5.91 Å². The van der Waals surface area contributed by atoms with E-state index in [1.165, 1.54) is 6.20 Å². The van der Waals surface area contributed by atoms with Crippen LogP contribution in [0.5, 0.6) is 0 Å². The highest BCUT2D eigenvalue weighted by atomic mass is 16.5. The molecular formula is C15H17N5O2. The van der Waals surface area contributed by atoms with E-state index in [2.05, 4.69) is 20.2 Å². The van der Waals surface area contributed by atoms with Gasteiger partial charge in [0.25, 0.3) is 5.91 Å². The second-order valence-corrected chi connectivity index (χ2v) is 4.98. The van der Waals surface area contributed by atoms with Gasteiger partial charge in [-0.25, -0.2) is 15.4 Å². The first-order chi connectivity index (χ1) is 10.8. The van der Waals surface area contributed by atoms with Gasteiger partial charge >= 0.3 is 0 Å². The van der Waals surface area contributed by atoms with Gasteiger partial charge < -0.3 is 10.2 Å². The Morgan fingerprint density at radius 2 is 1.95 bits per heavy atom. The number of hydroxylamine groups is 1. The van der Waals surface area contributed by atoms with Crippen LogP contribution in [0.4, 0.5) is 5.95 Å². The lowest BCUT2D eigenvalue weighted by Gasteiger charge is -2.27. The van der Waals surface area contributed by atoms with Gasteiger partial charge in [-0.1, -0.05) is 30.3 Å². The maximum absolute atomic E-state index is 11.8. The Morgan fingerprint density at radius 3 is 2.64 bits per heavy atom. The lowest BCUT2D eigenvalue weighted by Crippen LogP contribution is -2.44. The third-order valence-electron chi connectivity index (χ3n) is 3.57. The lowest BCUT2D eigenvalue weighted by molar-refractivity contribution is 0.0706. The molecule has 1 aromatic heterocycles. The van der Waals surface area contributed by atoms with Gasteiger partial charge in [0.05, 0.1) is 11.3 Å². The molecule has 1 fully saturated rings. The first-order valence-electron chi connectivity index (χ1n) is 7.12. The van der Waals surface area contributed by atoms with Gasteiger partial charge in [0.1, 0.15) is 0 Å². The molecule has 0 bridgehead atoms. The van der Waals surface area contributed by atoms with Crippen LogP contribution in [0.1, 0.15) is 10.4 Å². The molecule has 1 amide bonds. The average Bonchev–Trinajstić information content (AvgIpc) is 2.62. The monoisotopic (exact) mass is 299 g/mol. The maximum Gasteiger partial charge on any atom is 0.278 e. The molecule has 2 heterocycles. The van der Waals surface area contributed by atoms with Crippen molar-refractivity contribution >= 4 is 11.9 Å². The fourth-order valence-electron chi connectivity index (χ4n) is 2.43. The number of nitrogens with one attached hydrogen (secondary N) is 2. The van der Waals surface area contributed by atoms with Gasteiger partial charge in [0, 0.05) is 37.9 Å². The van der Waals surface area contributed by atoms with Crippen LogP contribution in [0.15, 0.2) is 36.5 Å². The van der Waals surface area contributed by atoms with E-state index in [4.69, 9.17) is 5.21 Å². The van der Waals surface area contributed by atoms with Crippen LogP contribution in [0.25, 0.3) is 11.3 Å². The predicted molar refractivity (Wildman–Crippen MR) is 81.8 cm³/mol. The fourth-order valence-corrected chi connectivity index (χ4v) is 2.43. The highest BCUT2D eigenvalue weighted by Gasteiger charge is 2.19. The number of hydrogen-bond donors (Lipinski definition) is 3. The highest BCUT2D eigenvalue weighted by Crippen LogP contribution is 2.23. The Kier molecular flexibility index (Phi) is 4.27. The van der Waals surface area contributed by atoms with Crippen molar-refractivity contribution in [2.45, 2.75) is 0 Å². The van der Waals surface area contributed by atoms with Crippen LogP contribution in [0.3, 0.4) is 0 Å². The molecule has 7 heteroatoms. The molecule has 0 radical (unpaired) electrons. The van der Waals surface area contributed by atoms with Crippen molar-refractivity contribution in [2.75, 3.05) is 31.1 Å². The number of piperazine rings is 1. The minimum atomic E-state index is -0.620. The molecule has 7 nitrogen and oxygen atoms in total. The molecule has 22 heavy (non-hydrogen) atoms. The van der Waals surface area contributed by atoms with Gasteiger partial charge in [0.15, 0.2) is 0 Å². The van der Waals surface area contributed by atoms with E-state index in [9.17, 15) is 4.79 Å². The van der Waals surface area contributed by atoms with Gasteiger partial charge in [-0.3, -0.25) is 10.0 Å². The van der Waals surface area contributed by atoms with Crippen molar-refractivity contribution in [1.29, 1.82) is 0 Å². The number of nitrogens with zero attached hydrogens (tertiary/aromatic N) is 3. The summed E-state index contributed by atoms with van der Waals surface area (Å²) in [5, 5.41) is 12.2. The van der Waals surface area contributed by atoms with Crippen molar-refractivity contribution in [3.8, 4) is 11.3 Å². The van der Waals surface area contributed by atoms with Crippen LogP contribution in [0.2, 0.25) is 0 Å². The minimum absolute atomic E-state index is 0.243. The Hall–Kier alpha value is -2.51. The molecule has 1 aliphatic rings. The maximum atomic E-state index is 11.8. The number of benzene rings is 1. The average molecular weight is 299 g/mol. The highest BCUT2D eigenvalue weighted by molar-refractivity contribution is 5.99. The summed E-state index contributed by atoms with van der Waals surface area (Å²) in [6.45, 7) is 3.39. The van der Waals surface area contributed by atoms with E-state index >= 15 is 0 Å². The summed E-state index contributed by atoms with van der Waals surface area (Å²) < 4.78 is 0. The van der Waals surface area contributed by atoms with E-state index in [0.29, 0.717) is 11.6 Å². The van der Waals surface area contributed by atoms with E-state index in [1.807, 2.05) is 30.3 Å². The standard InChI is InChI=1S/C15H17N5O2/c21-14(19-22)12-10-17-15(20-8-6-16-7-9-20)18-13(12)11-4-2-1-3-5-11/h1-5,10,16,22H,6-9H2,(H,19,21). The topological polar surface area (TPSA) is 90.4 Å². The van der Waals surface area contributed by atoms with Crippen LogP contribution in [-0.4, -0.2) is 47.3 Å². The summed E-state index contributed by atoms with van der Waals surface area (Å²) in [5.74, 6) is -0.0273. The van der Waals surface area contributed by atoms with Crippen LogP contribution in [-0.2, 0) is 0 Å². The number of anilines is 1. The first-order valence-corrected chi connectivity index (χ1v) is 7.12. The predicted octanol–water partition coefficient (Wildman–Crippen LogP) is 0.672. The van der Waals surface area contributed by atoms with E-state index in [0.717, 1.165) is 31.7 Å². The number of carbonyl (C=O) groups excluding carboxylic acids is 1. The van der Waals surface area contributed by atoms with Gasteiger partial charge in [-0.05, 0) is 0 Å². The summed E-state index contributed by atoms with van der Waals surface area (Å²) in [4.78, 5) is 22.7. The normalized spacial score (nSPS) is 14.7. The minimum Gasteiger partial charge on any atom is -0.338 e.